The van der Waals surface area contributed by atoms with E-state index in [0.29, 0.717) is 28.2 Å². The quantitative estimate of drug-likeness (QED) is 0.867. The molecule has 1 atom stereocenters. The maximum absolute atomic E-state index is 12.3. The van der Waals surface area contributed by atoms with Gasteiger partial charge < -0.3 is 19.4 Å². The summed E-state index contributed by atoms with van der Waals surface area (Å²) in [5.41, 5.74) is 0.638. The molecule has 8 nitrogen and oxygen atoms in total. The maximum atomic E-state index is 12.3. The van der Waals surface area contributed by atoms with Crippen molar-refractivity contribution in [1.29, 1.82) is 0 Å². The summed E-state index contributed by atoms with van der Waals surface area (Å²) in [5, 5.41) is 10.6. The molecular formula is C16H17ClN4O4. The molecule has 132 valence electrons. The first-order chi connectivity index (χ1) is 12.0. The van der Waals surface area contributed by atoms with Gasteiger partial charge >= 0.3 is 0 Å². The van der Waals surface area contributed by atoms with Crippen molar-refractivity contribution in [3.05, 3.63) is 35.0 Å². The van der Waals surface area contributed by atoms with Crippen molar-refractivity contribution in [2.75, 3.05) is 18.6 Å². The summed E-state index contributed by atoms with van der Waals surface area (Å²) in [4.78, 5) is 26.1. The van der Waals surface area contributed by atoms with E-state index in [1.165, 1.54) is 7.11 Å². The molecule has 2 heterocycles. The molecule has 1 aromatic carbocycles. The van der Waals surface area contributed by atoms with Gasteiger partial charge in [-0.05, 0) is 18.2 Å². The Hall–Kier alpha value is -2.61. The minimum Gasteiger partial charge on any atom is -0.495 e. The van der Waals surface area contributed by atoms with E-state index in [1.807, 2.05) is 0 Å². The van der Waals surface area contributed by atoms with Gasteiger partial charge in [0.25, 0.3) is 0 Å². The summed E-state index contributed by atoms with van der Waals surface area (Å²) in [6, 6.07) is 5.08. The van der Waals surface area contributed by atoms with E-state index in [2.05, 4.69) is 15.5 Å². The standard InChI is InChI=1S/C16H17ClN4O4/c1-9-19-20-14(25-9)7-18-16(23)10-5-15(22)21(8-10)11-3-4-13(24-2)12(17)6-11/h3-4,6,10H,5,7-8H2,1-2H3,(H,18,23)/t10-/m1/s1. The lowest BCUT2D eigenvalue weighted by molar-refractivity contribution is -0.126. The van der Waals surface area contributed by atoms with Crippen LogP contribution in [-0.4, -0.2) is 35.7 Å². The number of nitrogens with one attached hydrogen (secondary N) is 1. The van der Waals surface area contributed by atoms with Gasteiger partial charge in [-0.1, -0.05) is 11.6 Å². The summed E-state index contributed by atoms with van der Waals surface area (Å²) in [6.45, 7) is 2.10. The number of rotatable bonds is 5. The lowest BCUT2D eigenvalue weighted by Crippen LogP contribution is -2.32. The molecule has 2 aromatic rings. The first-order valence-corrected chi connectivity index (χ1v) is 8.06. The third-order valence-electron chi connectivity index (χ3n) is 3.92. The minimum absolute atomic E-state index is 0.130. The molecule has 0 unspecified atom stereocenters. The topological polar surface area (TPSA) is 97.6 Å². The average molecular weight is 365 g/mol. The van der Waals surface area contributed by atoms with Crippen LogP contribution < -0.4 is 15.0 Å². The van der Waals surface area contributed by atoms with Gasteiger partial charge in [-0.2, -0.15) is 0 Å². The van der Waals surface area contributed by atoms with Crippen LogP contribution in [0.25, 0.3) is 0 Å². The van der Waals surface area contributed by atoms with Crippen molar-refractivity contribution in [3.8, 4) is 5.75 Å². The maximum Gasteiger partial charge on any atom is 0.235 e. The number of carbonyl (C=O) groups excluding carboxylic acids is 2. The van der Waals surface area contributed by atoms with E-state index in [9.17, 15) is 9.59 Å². The Bertz CT molecular complexity index is 807. The molecule has 1 aliphatic rings. The highest BCUT2D eigenvalue weighted by molar-refractivity contribution is 6.32. The molecular weight excluding hydrogens is 348 g/mol. The zero-order valence-corrected chi connectivity index (χ0v) is 14.5. The predicted octanol–water partition coefficient (Wildman–Crippen LogP) is 1.71. The molecule has 25 heavy (non-hydrogen) atoms. The number of benzene rings is 1. The van der Waals surface area contributed by atoms with Gasteiger partial charge in [0.15, 0.2) is 0 Å². The number of aryl methyl sites for hydroxylation is 1. The van der Waals surface area contributed by atoms with Crippen LogP contribution in [0.3, 0.4) is 0 Å². The third-order valence-corrected chi connectivity index (χ3v) is 4.22. The van der Waals surface area contributed by atoms with Gasteiger partial charge in [-0.3, -0.25) is 9.59 Å². The molecule has 1 N–H and O–H groups in total. The Morgan fingerprint density at radius 2 is 2.28 bits per heavy atom. The predicted molar refractivity (Wildman–Crippen MR) is 89.3 cm³/mol. The number of ether oxygens (including phenoxy) is 1. The average Bonchev–Trinajstić information content (AvgIpc) is 3.18. The molecule has 1 saturated heterocycles. The number of hydrogen-bond donors (Lipinski definition) is 1. The second kappa shape index (κ2) is 7.10. The van der Waals surface area contributed by atoms with Crippen molar-refractivity contribution in [2.45, 2.75) is 19.9 Å². The van der Waals surface area contributed by atoms with Crippen LogP contribution in [0.15, 0.2) is 22.6 Å². The first-order valence-electron chi connectivity index (χ1n) is 7.68. The number of hydrogen-bond acceptors (Lipinski definition) is 6. The Kier molecular flexibility index (Phi) is 4.89. The van der Waals surface area contributed by atoms with Crippen molar-refractivity contribution < 1.29 is 18.7 Å². The number of amides is 2. The van der Waals surface area contributed by atoms with Crippen LogP contribution in [0.4, 0.5) is 5.69 Å². The van der Waals surface area contributed by atoms with E-state index in [-0.39, 0.29) is 31.3 Å². The van der Waals surface area contributed by atoms with Gasteiger partial charge in [0, 0.05) is 25.6 Å². The number of halogens is 1. The molecule has 0 spiro atoms. The second-order valence-electron chi connectivity index (χ2n) is 5.66. The molecule has 0 bridgehead atoms. The van der Waals surface area contributed by atoms with Gasteiger partial charge in [-0.15, -0.1) is 10.2 Å². The number of aromatic nitrogens is 2. The van der Waals surface area contributed by atoms with Crippen LogP contribution in [0.2, 0.25) is 5.02 Å². The Balaban J connectivity index is 1.63. The van der Waals surface area contributed by atoms with E-state index in [1.54, 1.807) is 30.0 Å². The first kappa shape index (κ1) is 17.2. The fraction of sp³-hybridized carbons (Fsp3) is 0.375. The lowest BCUT2D eigenvalue weighted by atomic mass is 10.1. The molecule has 0 aliphatic carbocycles. The highest BCUT2D eigenvalue weighted by Gasteiger charge is 2.35. The molecule has 0 radical (unpaired) electrons. The summed E-state index contributed by atoms with van der Waals surface area (Å²) in [7, 11) is 1.52. The summed E-state index contributed by atoms with van der Waals surface area (Å²) < 4.78 is 10.3. The molecule has 3 rings (SSSR count). The summed E-state index contributed by atoms with van der Waals surface area (Å²) >= 11 is 6.11. The minimum atomic E-state index is -0.447. The number of nitrogens with zero attached hydrogens (tertiary/aromatic N) is 3. The second-order valence-corrected chi connectivity index (χ2v) is 6.06. The molecule has 2 amide bonds. The highest BCUT2D eigenvalue weighted by Crippen LogP contribution is 2.32. The Labute approximate surface area is 149 Å². The smallest absolute Gasteiger partial charge is 0.235 e. The van der Waals surface area contributed by atoms with Crippen molar-refractivity contribution >= 4 is 29.1 Å². The fourth-order valence-corrected chi connectivity index (χ4v) is 2.92. The van der Waals surface area contributed by atoms with Crippen molar-refractivity contribution in [3.63, 3.8) is 0 Å². The monoisotopic (exact) mass is 364 g/mol. The van der Waals surface area contributed by atoms with E-state index in [0.717, 1.165) is 0 Å². The summed E-state index contributed by atoms with van der Waals surface area (Å²) in [6.07, 6.45) is 0.137. The normalized spacial score (nSPS) is 17.0. The Morgan fingerprint density at radius 3 is 2.92 bits per heavy atom. The molecule has 1 aromatic heterocycles. The molecule has 0 saturated carbocycles. The van der Waals surface area contributed by atoms with Crippen molar-refractivity contribution in [1.82, 2.24) is 15.5 Å². The number of anilines is 1. The largest absolute Gasteiger partial charge is 0.495 e. The van der Waals surface area contributed by atoms with Crippen LogP contribution in [0, 0.1) is 12.8 Å². The fourth-order valence-electron chi connectivity index (χ4n) is 2.67. The number of carbonyl (C=O) groups is 2. The van der Waals surface area contributed by atoms with Crippen LogP contribution >= 0.6 is 11.6 Å². The summed E-state index contributed by atoms with van der Waals surface area (Å²) in [5.74, 6) is 0.483. The molecule has 1 aliphatic heterocycles. The van der Waals surface area contributed by atoms with Gasteiger partial charge in [-0.25, -0.2) is 0 Å². The van der Waals surface area contributed by atoms with Crippen molar-refractivity contribution in [2.24, 2.45) is 5.92 Å². The van der Waals surface area contributed by atoms with E-state index in [4.69, 9.17) is 20.8 Å². The zero-order chi connectivity index (χ0) is 18.0. The zero-order valence-electron chi connectivity index (χ0n) is 13.8. The van der Waals surface area contributed by atoms with Crippen LogP contribution in [0.1, 0.15) is 18.2 Å². The van der Waals surface area contributed by atoms with Gasteiger partial charge in [0.05, 0.1) is 24.6 Å². The van der Waals surface area contributed by atoms with E-state index >= 15 is 0 Å². The molecule has 9 heteroatoms. The highest BCUT2D eigenvalue weighted by atomic mass is 35.5. The lowest BCUT2D eigenvalue weighted by Gasteiger charge is -2.17. The van der Waals surface area contributed by atoms with Crippen LogP contribution in [-0.2, 0) is 16.1 Å². The van der Waals surface area contributed by atoms with Gasteiger partial charge in [0.2, 0.25) is 23.6 Å². The van der Waals surface area contributed by atoms with E-state index < -0.39 is 5.92 Å². The van der Waals surface area contributed by atoms with Crippen LogP contribution in [0.5, 0.6) is 5.75 Å². The third kappa shape index (κ3) is 3.74. The SMILES string of the molecule is COc1ccc(N2C[C@H](C(=O)NCc3nnc(C)o3)CC2=O)cc1Cl. The molecule has 1 fully saturated rings. The number of methoxy groups -OCH3 is 1. The Morgan fingerprint density at radius 1 is 1.48 bits per heavy atom. The van der Waals surface area contributed by atoms with Gasteiger partial charge in [0.1, 0.15) is 5.75 Å².